The predicted molar refractivity (Wildman–Crippen MR) is 154 cm³/mol. The molecule has 1 aliphatic rings. The van der Waals surface area contributed by atoms with E-state index in [1.807, 2.05) is 49.7 Å². The molecular weight excluding hydrogens is 528 g/mol. The molecule has 10 nitrogen and oxygen atoms in total. The molecule has 2 aromatic carbocycles. The van der Waals surface area contributed by atoms with Crippen molar-refractivity contribution in [3.8, 4) is 5.75 Å². The molecule has 1 aliphatic heterocycles. The third-order valence-electron chi connectivity index (χ3n) is 6.64. The number of amides is 3. The Labute approximate surface area is 238 Å². The first-order valence-electron chi connectivity index (χ1n) is 13.5. The molecule has 0 saturated carbocycles. The topological polar surface area (TPSA) is 118 Å². The Morgan fingerprint density at radius 2 is 1.95 bits per heavy atom. The number of ether oxygens (including phenoxy) is 1. The molecule has 212 valence electrons. The minimum atomic E-state index is -0.674. The predicted octanol–water partition coefficient (Wildman–Crippen LogP) is 3.07. The van der Waals surface area contributed by atoms with Gasteiger partial charge in [0.25, 0.3) is 11.8 Å². The SMILES string of the molecule is CSCC[C@@H]1NC(=O)c2cc(ccc2C)OCCCn2cc(nn2)CN(C(=O)c2ccccc2)CCCNC1=O. The van der Waals surface area contributed by atoms with Gasteiger partial charge in [-0.3, -0.25) is 19.1 Å². The molecule has 1 aromatic heterocycles. The number of nitrogens with zero attached hydrogens (tertiary/aromatic N) is 4. The van der Waals surface area contributed by atoms with E-state index in [2.05, 4.69) is 20.9 Å². The normalized spacial score (nSPS) is 17.4. The number of benzene rings is 2. The lowest BCUT2D eigenvalue weighted by molar-refractivity contribution is -0.123. The highest BCUT2D eigenvalue weighted by atomic mass is 32.2. The van der Waals surface area contributed by atoms with Crippen molar-refractivity contribution in [2.24, 2.45) is 0 Å². The number of nitrogens with one attached hydrogen (secondary N) is 2. The van der Waals surface area contributed by atoms with Crippen LogP contribution in [0.25, 0.3) is 0 Å². The number of aromatic nitrogens is 3. The number of fused-ring (bicyclic) bond motifs is 4. The highest BCUT2D eigenvalue weighted by molar-refractivity contribution is 7.98. The number of rotatable bonds is 4. The van der Waals surface area contributed by atoms with Crippen LogP contribution in [0, 0.1) is 6.92 Å². The summed E-state index contributed by atoms with van der Waals surface area (Å²) in [5.74, 6) is 0.642. The Balaban J connectivity index is 1.54. The van der Waals surface area contributed by atoms with Crippen molar-refractivity contribution in [1.82, 2.24) is 30.5 Å². The lowest BCUT2D eigenvalue weighted by atomic mass is 10.1. The zero-order valence-corrected chi connectivity index (χ0v) is 23.8. The average Bonchev–Trinajstić information content (AvgIpc) is 3.42. The van der Waals surface area contributed by atoms with Gasteiger partial charge in [-0.05, 0) is 61.6 Å². The minimum absolute atomic E-state index is 0.112. The summed E-state index contributed by atoms with van der Waals surface area (Å²) in [5, 5.41) is 14.4. The Kier molecular flexibility index (Phi) is 10.6. The smallest absolute Gasteiger partial charge is 0.254 e. The van der Waals surface area contributed by atoms with Gasteiger partial charge in [0.1, 0.15) is 17.5 Å². The molecule has 0 aliphatic carbocycles. The number of hydrogen-bond acceptors (Lipinski definition) is 7. The fourth-order valence-electron chi connectivity index (χ4n) is 4.43. The Bertz CT molecular complexity index is 1300. The van der Waals surface area contributed by atoms with E-state index >= 15 is 0 Å². The van der Waals surface area contributed by atoms with Gasteiger partial charge in [0.15, 0.2) is 0 Å². The molecule has 40 heavy (non-hydrogen) atoms. The van der Waals surface area contributed by atoms with Crippen LogP contribution in [0.3, 0.4) is 0 Å². The summed E-state index contributed by atoms with van der Waals surface area (Å²) < 4.78 is 7.65. The van der Waals surface area contributed by atoms with Crippen molar-refractivity contribution in [2.75, 3.05) is 31.7 Å². The fourth-order valence-corrected chi connectivity index (χ4v) is 4.90. The standard InChI is InChI=1S/C29H36N6O4S/c1-21-10-11-24-18-25(21)27(36)31-26(12-17-40-2)28(37)30-13-6-14-34(29(38)22-8-4-3-5-9-22)19-23-20-35(33-32-23)15-7-16-39-24/h3-5,8-11,18,20,26H,6-7,12-17,19H2,1-2H3,(H,30,37)(H,31,36)/t26-/m0/s1. The van der Waals surface area contributed by atoms with Gasteiger partial charge in [-0.1, -0.05) is 29.5 Å². The van der Waals surface area contributed by atoms with Crippen LogP contribution >= 0.6 is 11.8 Å². The largest absolute Gasteiger partial charge is 0.494 e. The van der Waals surface area contributed by atoms with Crippen molar-refractivity contribution >= 4 is 29.5 Å². The highest BCUT2D eigenvalue weighted by Crippen LogP contribution is 2.19. The second-order valence-electron chi connectivity index (χ2n) is 9.70. The maximum atomic E-state index is 13.3. The first-order valence-corrected chi connectivity index (χ1v) is 14.9. The maximum Gasteiger partial charge on any atom is 0.254 e. The van der Waals surface area contributed by atoms with E-state index in [1.54, 1.807) is 39.5 Å². The summed E-state index contributed by atoms with van der Waals surface area (Å²) in [5.41, 5.74) is 2.55. The van der Waals surface area contributed by atoms with E-state index in [0.717, 1.165) is 11.3 Å². The fraction of sp³-hybridized carbons (Fsp3) is 0.414. The molecule has 0 spiro atoms. The summed E-state index contributed by atoms with van der Waals surface area (Å²) in [6.45, 7) is 3.97. The minimum Gasteiger partial charge on any atom is -0.494 e. The molecule has 0 radical (unpaired) electrons. The Morgan fingerprint density at radius 1 is 1.12 bits per heavy atom. The van der Waals surface area contributed by atoms with E-state index in [0.29, 0.717) is 74.6 Å². The lowest BCUT2D eigenvalue weighted by Crippen LogP contribution is -2.47. The van der Waals surface area contributed by atoms with Crippen LogP contribution < -0.4 is 15.4 Å². The zero-order valence-electron chi connectivity index (χ0n) is 23.0. The van der Waals surface area contributed by atoms with Crippen LogP contribution in [0.2, 0.25) is 0 Å². The summed E-state index contributed by atoms with van der Waals surface area (Å²) in [4.78, 5) is 41.3. The van der Waals surface area contributed by atoms with Crippen molar-refractivity contribution in [2.45, 2.75) is 45.3 Å². The summed E-state index contributed by atoms with van der Waals surface area (Å²) in [7, 11) is 0. The van der Waals surface area contributed by atoms with Crippen molar-refractivity contribution in [3.63, 3.8) is 0 Å². The van der Waals surface area contributed by atoms with E-state index in [-0.39, 0.29) is 17.7 Å². The molecule has 0 fully saturated rings. The van der Waals surface area contributed by atoms with Gasteiger partial charge in [-0.25, -0.2) is 0 Å². The molecule has 0 unspecified atom stereocenters. The monoisotopic (exact) mass is 564 g/mol. The van der Waals surface area contributed by atoms with Gasteiger partial charge < -0.3 is 20.3 Å². The van der Waals surface area contributed by atoms with Gasteiger partial charge in [0, 0.05) is 37.2 Å². The quantitative estimate of drug-likeness (QED) is 0.500. The third kappa shape index (κ3) is 8.08. The number of hydrogen-bond donors (Lipinski definition) is 2. The van der Waals surface area contributed by atoms with Gasteiger partial charge in [-0.2, -0.15) is 11.8 Å². The summed E-state index contributed by atoms with van der Waals surface area (Å²) in [6.07, 6.45) is 5.54. The van der Waals surface area contributed by atoms with Crippen LogP contribution in [0.1, 0.15) is 51.2 Å². The van der Waals surface area contributed by atoms with Crippen LogP contribution in [0.15, 0.2) is 54.7 Å². The van der Waals surface area contributed by atoms with Gasteiger partial charge in [-0.15, -0.1) is 5.10 Å². The lowest BCUT2D eigenvalue weighted by Gasteiger charge is -2.23. The van der Waals surface area contributed by atoms with Gasteiger partial charge in [0.2, 0.25) is 5.91 Å². The van der Waals surface area contributed by atoms with Crippen molar-refractivity contribution in [3.05, 3.63) is 77.1 Å². The van der Waals surface area contributed by atoms with Crippen LogP contribution in [0.4, 0.5) is 0 Å². The molecular formula is C29H36N6O4S. The zero-order chi connectivity index (χ0) is 28.3. The maximum absolute atomic E-state index is 13.3. The summed E-state index contributed by atoms with van der Waals surface area (Å²) >= 11 is 1.62. The van der Waals surface area contributed by atoms with Crippen LogP contribution in [0.5, 0.6) is 5.75 Å². The van der Waals surface area contributed by atoms with Crippen LogP contribution in [-0.4, -0.2) is 75.4 Å². The number of carbonyl (C=O) groups is 3. The number of carbonyl (C=O) groups excluding carboxylic acids is 3. The van der Waals surface area contributed by atoms with Crippen molar-refractivity contribution < 1.29 is 19.1 Å². The van der Waals surface area contributed by atoms with Crippen molar-refractivity contribution in [1.29, 1.82) is 0 Å². The van der Waals surface area contributed by atoms with E-state index < -0.39 is 6.04 Å². The molecule has 3 aromatic rings. The molecule has 0 saturated heterocycles. The van der Waals surface area contributed by atoms with E-state index in [4.69, 9.17) is 4.74 Å². The number of aryl methyl sites for hydroxylation is 2. The highest BCUT2D eigenvalue weighted by Gasteiger charge is 2.23. The second kappa shape index (κ2) is 14.5. The first kappa shape index (κ1) is 29.1. The third-order valence-corrected chi connectivity index (χ3v) is 7.28. The molecule has 2 heterocycles. The Morgan fingerprint density at radius 3 is 2.75 bits per heavy atom. The molecule has 11 heteroatoms. The number of thioether (sulfide) groups is 1. The molecule has 4 bridgehead atoms. The summed E-state index contributed by atoms with van der Waals surface area (Å²) in [6, 6.07) is 13.8. The van der Waals surface area contributed by atoms with Gasteiger partial charge in [0.05, 0.1) is 19.3 Å². The Hall–Kier alpha value is -3.86. The van der Waals surface area contributed by atoms with Crippen LogP contribution in [-0.2, 0) is 17.9 Å². The molecule has 1 atom stereocenters. The first-order chi connectivity index (χ1) is 19.4. The second-order valence-corrected chi connectivity index (χ2v) is 10.7. The molecule has 4 rings (SSSR count). The van der Waals surface area contributed by atoms with E-state index in [1.165, 1.54) is 0 Å². The average molecular weight is 565 g/mol. The van der Waals surface area contributed by atoms with Gasteiger partial charge >= 0.3 is 0 Å². The van der Waals surface area contributed by atoms with E-state index in [9.17, 15) is 14.4 Å². The molecule has 3 amide bonds. The molecule has 2 N–H and O–H groups in total.